The molecule has 110 valence electrons. The molecule has 0 unspecified atom stereocenters. The van der Waals surface area contributed by atoms with Crippen molar-refractivity contribution in [3.63, 3.8) is 0 Å². The molecule has 6 nitrogen and oxygen atoms in total. The number of pyridine rings is 1. The largest absolute Gasteiger partial charge is 0.446 e. The summed E-state index contributed by atoms with van der Waals surface area (Å²) < 4.78 is 39.3. The number of nitrogens with zero attached hydrogens (tertiary/aromatic N) is 4. The van der Waals surface area contributed by atoms with Crippen LogP contribution in [0.2, 0.25) is 0 Å². The lowest BCUT2D eigenvalue weighted by Crippen LogP contribution is -2.22. The number of hydrogen-bond donors (Lipinski definition) is 0. The van der Waals surface area contributed by atoms with E-state index < -0.39 is 11.9 Å². The van der Waals surface area contributed by atoms with Gasteiger partial charge in [-0.25, -0.2) is 4.98 Å². The number of aryl methyl sites for hydroxylation is 2. The van der Waals surface area contributed by atoms with Crippen LogP contribution in [0.3, 0.4) is 0 Å². The van der Waals surface area contributed by atoms with Crippen LogP contribution in [-0.2, 0) is 17.5 Å². The molecule has 0 aromatic carbocycles. The summed E-state index contributed by atoms with van der Waals surface area (Å²) in [5.74, 6) is 0.285. The van der Waals surface area contributed by atoms with Crippen LogP contribution in [0, 0.1) is 13.8 Å². The maximum absolute atomic E-state index is 14.1. The third-order valence-electron chi connectivity index (χ3n) is 2.96. The topological polar surface area (TPSA) is 65.5 Å². The van der Waals surface area contributed by atoms with Gasteiger partial charge in [-0.3, -0.25) is 4.40 Å². The molecule has 3 heterocycles. The second-order valence-corrected chi connectivity index (χ2v) is 4.49. The first-order valence-electron chi connectivity index (χ1n) is 6.22. The number of oxazole rings is 1. The number of fused-ring (bicyclic) bond motifs is 1. The van der Waals surface area contributed by atoms with Gasteiger partial charge in [0.1, 0.15) is 11.5 Å². The highest BCUT2D eigenvalue weighted by Crippen LogP contribution is 2.29. The van der Waals surface area contributed by atoms with Crippen molar-refractivity contribution < 1.29 is 17.9 Å². The third-order valence-corrected chi connectivity index (χ3v) is 2.96. The van der Waals surface area contributed by atoms with E-state index in [4.69, 9.17) is 4.42 Å². The average Bonchev–Trinajstić information content (AvgIpc) is 3.00. The van der Waals surface area contributed by atoms with Crippen molar-refractivity contribution in [2.45, 2.75) is 26.6 Å². The highest BCUT2D eigenvalue weighted by molar-refractivity contribution is 5.37. The Morgan fingerprint density at radius 3 is 2.81 bits per heavy atom. The summed E-state index contributed by atoms with van der Waals surface area (Å²) in [4.78, 5) is 3.99. The number of hydrogen-bond acceptors (Lipinski definition) is 5. The van der Waals surface area contributed by atoms with Gasteiger partial charge in [-0.2, -0.15) is 8.78 Å². The summed E-state index contributed by atoms with van der Waals surface area (Å²) >= 11 is 0. The molecule has 0 aliphatic rings. The maximum atomic E-state index is 14.1. The van der Waals surface area contributed by atoms with Crippen LogP contribution in [0.5, 0.6) is 0 Å². The highest BCUT2D eigenvalue weighted by Gasteiger charge is 2.39. The Morgan fingerprint density at radius 2 is 2.10 bits per heavy atom. The molecule has 0 aliphatic carbocycles. The van der Waals surface area contributed by atoms with E-state index in [1.165, 1.54) is 10.6 Å². The molecule has 0 saturated carbocycles. The Balaban J connectivity index is 1.85. The van der Waals surface area contributed by atoms with Gasteiger partial charge in [-0.1, -0.05) is 6.07 Å². The molecular weight excluding hydrogens is 282 g/mol. The van der Waals surface area contributed by atoms with Crippen LogP contribution in [-0.4, -0.2) is 19.6 Å². The number of rotatable bonds is 4. The minimum absolute atomic E-state index is 0.323. The SMILES string of the molecule is Cc1nc(COC(F)(F)c2nnc3ccccn23)c(C)o1. The minimum Gasteiger partial charge on any atom is -0.446 e. The molecule has 3 aromatic heterocycles. The summed E-state index contributed by atoms with van der Waals surface area (Å²) in [5, 5.41) is 7.18. The predicted molar refractivity (Wildman–Crippen MR) is 67.6 cm³/mol. The second kappa shape index (κ2) is 4.88. The van der Waals surface area contributed by atoms with E-state index in [9.17, 15) is 8.78 Å². The monoisotopic (exact) mass is 294 g/mol. The molecule has 0 radical (unpaired) electrons. The molecule has 0 atom stereocenters. The number of halogens is 2. The van der Waals surface area contributed by atoms with Gasteiger partial charge < -0.3 is 9.15 Å². The van der Waals surface area contributed by atoms with Crippen LogP contribution in [0.25, 0.3) is 5.65 Å². The van der Waals surface area contributed by atoms with Gasteiger partial charge in [0.05, 0.1) is 6.61 Å². The predicted octanol–water partition coefficient (Wildman–Crippen LogP) is 2.60. The summed E-state index contributed by atoms with van der Waals surface area (Å²) in [6, 6.07) is 4.88. The van der Waals surface area contributed by atoms with Crippen molar-refractivity contribution in [1.29, 1.82) is 0 Å². The molecule has 0 spiro atoms. The quantitative estimate of drug-likeness (QED) is 0.740. The fourth-order valence-corrected chi connectivity index (χ4v) is 1.97. The van der Waals surface area contributed by atoms with Gasteiger partial charge in [0.15, 0.2) is 11.5 Å². The summed E-state index contributed by atoms with van der Waals surface area (Å²) in [6.45, 7) is 2.90. The normalized spacial score (nSPS) is 12.2. The Kier molecular flexibility index (Phi) is 3.17. The highest BCUT2D eigenvalue weighted by atomic mass is 19.3. The van der Waals surface area contributed by atoms with Crippen LogP contribution >= 0.6 is 0 Å². The van der Waals surface area contributed by atoms with E-state index in [1.54, 1.807) is 32.0 Å². The van der Waals surface area contributed by atoms with Gasteiger partial charge >= 0.3 is 6.11 Å². The van der Waals surface area contributed by atoms with E-state index >= 15 is 0 Å². The lowest BCUT2D eigenvalue weighted by Gasteiger charge is -2.14. The molecule has 0 aliphatic heterocycles. The first kappa shape index (κ1) is 13.6. The second-order valence-electron chi connectivity index (χ2n) is 4.49. The summed E-state index contributed by atoms with van der Waals surface area (Å²) in [6.07, 6.45) is -2.13. The third kappa shape index (κ3) is 2.49. The number of ether oxygens (including phenoxy) is 1. The first-order valence-corrected chi connectivity index (χ1v) is 6.22. The van der Waals surface area contributed by atoms with Crippen molar-refractivity contribution in [2.75, 3.05) is 0 Å². The number of aromatic nitrogens is 4. The lowest BCUT2D eigenvalue weighted by molar-refractivity contribution is -0.262. The van der Waals surface area contributed by atoms with E-state index in [1.807, 2.05) is 0 Å². The summed E-state index contributed by atoms with van der Waals surface area (Å²) in [7, 11) is 0. The number of alkyl halides is 2. The van der Waals surface area contributed by atoms with Crippen molar-refractivity contribution in [3.8, 4) is 0 Å². The van der Waals surface area contributed by atoms with Gasteiger partial charge in [0.2, 0.25) is 5.82 Å². The van der Waals surface area contributed by atoms with Crippen molar-refractivity contribution in [1.82, 2.24) is 19.6 Å². The standard InChI is InChI=1S/C13H12F2N4O2/c1-8-10(16-9(2)21-8)7-20-13(14,15)12-18-17-11-5-3-4-6-19(11)12/h3-6H,7H2,1-2H3. The first-order chi connectivity index (χ1) is 9.97. The van der Waals surface area contributed by atoms with E-state index in [-0.39, 0.29) is 6.61 Å². The van der Waals surface area contributed by atoms with Gasteiger partial charge in [0.25, 0.3) is 0 Å². The fraction of sp³-hybridized carbons (Fsp3) is 0.308. The molecule has 3 aromatic rings. The molecule has 0 bridgehead atoms. The van der Waals surface area contributed by atoms with Crippen molar-refractivity contribution >= 4 is 5.65 Å². The Labute approximate surface area is 118 Å². The zero-order valence-electron chi connectivity index (χ0n) is 11.4. The van der Waals surface area contributed by atoms with Gasteiger partial charge in [-0.05, 0) is 19.1 Å². The van der Waals surface area contributed by atoms with E-state index in [0.29, 0.717) is 23.0 Å². The minimum atomic E-state index is -3.58. The van der Waals surface area contributed by atoms with Crippen LogP contribution in [0.15, 0.2) is 28.8 Å². The van der Waals surface area contributed by atoms with Crippen LogP contribution in [0.4, 0.5) is 8.78 Å². The molecule has 0 saturated heterocycles. The lowest BCUT2D eigenvalue weighted by atomic mass is 10.4. The molecule has 8 heteroatoms. The zero-order valence-corrected chi connectivity index (χ0v) is 11.4. The van der Waals surface area contributed by atoms with Crippen LogP contribution < -0.4 is 0 Å². The fourth-order valence-electron chi connectivity index (χ4n) is 1.97. The van der Waals surface area contributed by atoms with E-state index in [0.717, 1.165) is 0 Å². The van der Waals surface area contributed by atoms with E-state index in [2.05, 4.69) is 19.9 Å². The molecule has 3 rings (SSSR count). The van der Waals surface area contributed by atoms with Gasteiger partial charge in [0, 0.05) is 13.1 Å². The molecule has 0 fully saturated rings. The van der Waals surface area contributed by atoms with Gasteiger partial charge in [-0.15, -0.1) is 10.2 Å². The van der Waals surface area contributed by atoms with Crippen molar-refractivity contribution in [2.24, 2.45) is 0 Å². The average molecular weight is 294 g/mol. The summed E-state index contributed by atoms with van der Waals surface area (Å²) in [5.41, 5.74) is 0.658. The smallest absolute Gasteiger partial charge is 0.418 e. The Hall–Kier alpha value is -2.35. The molecule has 0 N–H and O–H groups in total. The molecule has 0 amide bonds. The molecule has 21 heavy (non-hydrogen) atoms. The Morgan fingerprint density at radius 1 is 1.29 bits per heavy atom. The van der Waals surface area contributed by atoms with Crippen LogP contribution in [0.1, 0.15) is 23.2 Å². The van der Waals surface area contributed by atoms with Crippen molar-refractivity contribution in [3.05, 3.63) is 47.6 Å². The molecular formula is C13H12F2N4O2. The zero-order chi connectivity index (χ0) is 15.0. The Bertz CT molecular complexity index is 781. The maximum Gasteiger partial charge on any atom is 0.418 e.